The number of aromatic nitrogens is 3. The lowest BCUT2D eigenvalue weighted by atomic mass is 9.71. The van der Waals surface area contributed by atoms with Gasteiger partial charge in [-0.2, -0.15) is 0 Å². The Balaban J connectivity index is 0.980. The molecule has 1 saturated carbocycles. The number of benzene rings is 10. The molecule has 2 heterocycles. The molecule has 0 aliphatic heterocycles. The topological polar surface area (TPSA) is 50.9 Å². The molecule has 4 nitrogen and oxygen atoms in total. The van der Waals surface area contributed by atoms with E-state index in [4.69, 9.17) is 9.97 Å². The van der Waals surface area contributed by atoms with Crippen LogP contribution < -0.4 is 0 Å². The summed E-state index contributed by atoms with van der Waals surface area (Å²) in [6.07, 6.45) is 4.23. The van der Waals surface area contributed by atoms with Crippen LogP contribution in [0.15, 0.2) is 261 Å². The van der Waals surface area contributed by atoms with Gasteiger partial charge in [0, 0.05) is 36.6 Å². The molecule has 0 amide bonds. The molecule has 82 heavy (non-hydrogen) atoms. The number of hydrogen-bond acceptors (Lipinski definition) is 3. The number of phenols is 1. The van der Waals surface area contributed by atoms with E-state index in [1.54, 1.807) is 0 Å². The number of pyridine rings is 1. The Labute approximate surface area is 486 Å². The van der Waals surface area contributed by atoms with Gasteiger partial charge in [-0.05, 0) is 140 Å². The number of nitrogens with zero attached hydrogens (tertiary/aromatic N) is 3. The van der Waals surface area contributed by atoms with Crippen LogP contribution in [-0.4, -0.2) is 19.6 Å². The van der Waals surface area contributed by atoms with Crippen molar-refractivity contribution < 1.29 is 7.85 Å². The van der Waals surface area contributed by atoms with E-state index in [0.29, 0.717) is 22.5 Å². The maximum atomic E-state index is 12.9. The van der Waals surface area contributed by atoms with Gasteiger partial charge in [-0.1, -0.05) is 253 Å². The Bertz CT molecular complexity index is 4290. The van der Waals surface area contributed by atoms with Crippen molar-refractivity contribution in [3.05, 3.63) is 289 Å². The van der Waals surface area contributed by atoms with Crippen LogP contribution in [-0.2, 0) is 17.2 Å². The number of aromatic hydroxyl groups is 1. The van der Waals surface area contributed by atoms with Gasteiger partial charge in [-0.3, -0.25) is 9.55 Å². The van der Waals surface area contributed by atoms with E-state index < -0.39 is 6.37 Å². The minimum atomic E-state index is -1.52. The smallest absolute Gasteiger partial charge is 0.149 e. The fraction of sp³-hybridized carbons (Fsp3) is 0.154. The summed E-state index contributed by atoms with van der Waals surface area (Å²) in [4.78, 5) is 10.8. The second-order valence-electron chi connectivity index (χ2n) is 23.2. The van der Waals surface area contributed by atoms with Gasteiger partial charge in [-0.25, -0.2) is 4.98 Å². The fourth-order valence-electron chi connectivity index (χ4n) is 12.4. The minimum Gasteiger partial charge on any atom is -0.507 e. The van der Waals surface area contributed by atoms with Crippen molar-refractivity contribution in [1.82, 2.24) is 14.5 Å². The molecule has 0 radical (unpaired) electrons. The highest BCUT2D eigenvalue weighted by Gasteiger charge is 2.31. The van der Waals surface area contributed by atoms with Gasteiger partial charge in [0.25, 0.3) is 0 Å². The van der Waals surface area contributed by atoms with Crippen LogP contribution in [0.1, 0.15) is 83.9 Å². The van der Waals surface area contributed by atoms with Gasteiger partial charge in [-0.15, -0.1) is 0 Å². The van der Waals surface area contributed by atoms with Crippen molar-refractivity contribution in [2.75, 3.05) is 0 Å². The van der Waals surface area contributed by atoms with Crippen LogP contribution >= 0.6 is 0 Å². The minimum absolute atomic E-state index is 0.0576. The van der Waals surface area contributed by atoms with Crippen molar-refractivity contribution in [3.8, 4) is 89.7 Å². The van der Waals surface area contributed by atoms with Gasteiger partial charge >= 0.3 is 0 Å². The van der Waals surface area contributed by atoms with E-state index in [2.05, 4.69) is 214 Å². The summed E-state index contributed by atoms with van der Waals surface area (Å²) in [6, 6.07) is 88.9. The van der Waals surface area contributed by atoms with Crippen molar-refractivity contribution in [1.29, 1.82) is 0 Å². The number of hydrogen-bond donors (Lipinski definition) is 1. The highest BCUT2D eigenvalue weighted by atomic mass is 16.3. The number of phenolic OH excluding ortho intramolecular Hbond substituents is 1. The zero-order chi connectivity index (χ0) is 57.6. The van der Waals surface area contributed by atoms with Crippen LogP contribution in [0.25, 0.3) is 95.0 Å². The standard InChI is InChI=1S/C78H67N3O/c1-77(2,3)64-50-59(49-60(51-64)71-52-58(45-46-79-71)55-40-42-63(43-41-55)78(4,61-29-13-7-14-30-61)62-31-15-8-16-32-62)66-35-22-38-73-74(66)80-76(69-37-21-36-68(75(69)82)67-34-20-19-33-65(67)56-25-9-5-10-26-56)81(73)72-44-39-54(47-53-23-17-18-24-53)48-70(72)57-27-11-6-12-28-57/h5-16,19-22,25-46,48-53,82H,17-18,23-24,47H2,1-4H3/i47D2. The molecule has 1 aliphatic rings. The predicted octanol–water partition coefficient (Wildman–Crippen LogP) is 20.2. The summed E-state index contributed by atoms with van der Waals surface area (Å²) in [6.45, 7) is 9.07. The van der Waals surface area contributed by atoms with Gasteiger partial charge in [0.2, 0.25) is 0 Å². The van der Waals surface area contributed by atoms with Crippen molar-refractivity contribution in [3.63, 3.8) is 0 Å². The lowest BCUT2D eigenvalue weighted by Crippen LogP contribution is -2.25. The summed E-state index contributed by atoms with van der Waals surface area (Å²) >= 11 is 0. The third-order valence-corrected chi connectivity index (χ3v) is 17.0. The fourth-order valence-corrected chi connectivity index (χ4v) is 12.4. The second kappa shape index (κ2) is 21.9. The zero-order valence-corrected chi connectivity index (χ0v) is 47.0. The van der Waals surface area contributed by atoms with Gasteiger partial charge in [0.05, 0.1) is 28.0 Å². The molecule has 10 aromatic carbocycles. The molecule has 0 spiro atoms. The summed E-state index contributed by atoms with van der Waals surface area (Å²) in [5.74, 6) is 0.629. The largest absolute Gasteiger partial charge is 0.507 e. The number of fused-ring (bicyclic) bond motifs is 1. The van der Waals surface area contributed by atoms with Gasteiger partial charge in [0.1, 0.15) is 11.6 Å². The Morgan fingerprint density at radius 1 is 0.451 bits per heavy atom. The summed E-state index contributed by atoms with van der Waals surface area (Å²) in [5.41, 5.74) is 19.4. The SMILES string of the molecule is [2H]C([2H])(c1ccc(-n2c(-c3cccc(-c4ccccc4-c4ccccc4)c3O)nc3c(-c4cc(-c5cc(-c6ccc(C(C)(c7ccccc7)c7ccccc7)cc6)ccn5)cc(C(C)(C)C)c4)cccc32)c(-c2ccccc2)c1)C1CCCC1. The lowest BCUT2D eigenvalue weighted by Gasteiger charge is -2.32. The van der Waals surface area contributed by atoms with E-state index in [0.717, 1.165) is 109 Å². The molecular weight excluding hydrogens is 995 g/mol. The highest BCUT2D eigenvalue weighted by molar-refractivity contribution is 5.99. The van der Waals surface area contributed by atoms with Gasteiger partial charge < -0.3 is 5.11 Å². The molecule has 2 aromatic heterocycles. The predicted molar refractivity (Wildman–Crippen MR) is 341 cm³/mol. The molecule has 1 N–H and O–H groups in total. The molecule has 0 atom stereocenters. The Kier molecular flexibility index (Phi) is 13.3. The van der Waals surface area contributed by atoms with Crippen molar-refractivity contribution in [2.45, 2.75) is 70.6 Å². The van der Waals surface area contributed by atoms with Crippen LogP contribution in [0.2, 0.25) is 0 Å². The zero-order valence-electron chi connectivity index (χ0n) is 49.0. The quantitative estimate of drug-likeness (QED) is 0.117. The molecule has 12 aromatic rings. The molecule has 400 valence electrons. The molecule has 0 saturated heterocycles. The number of imidazole rings is 1. The first-order valence-corrected chi connectivity index (χ1v) is 28.9. The highest BCUT2D eigenvalue weighted by Crippen LogP contribution is 2.47. The molecule has 4 heteroatoms. The third-order valence-electron chi connectivity index (χ3n) is 17.0. The second-order valence-corrected chi connectivity index (χ2v) is 23.2. The van der Waals surface area contributed by atoms with E-state index in [1.807, 2.05) is 79.0 Å². The average molecular weight is 1060 g/mol. The van der Waals surface area contributed by atoms with Crippen LogP contribution in [0.3, 0.4) is 0 Å². The molecule has 13 rings (SSSR count). The lowest BCUT2D eigenvalue weighted by molar-refractivity contribution is 0.479. The summed E-state index contributed by atoms with van der Waals surface area (Å²) in [7, 11) is 0. The summed E-state index contributed by atoms with van der Waals surface area (Å²) < 4.78 is 21.4. The van der Waals surface area contributed by atoms with E-state index in [1.165, 1.54) is 16.7 Å². The molecular formula is C78H67N3O. The first-order chi connectivity index (χ1) is 40.8. The molecule has 0 bridgehead atoms. The normalized spacial score (nSPS) is 13.5. The maximum Gasteiger partial charge on any atom is 0.149 e. The Morgan fingerprint density at radius 2 is 1.01 bits per heavy atom. The Hall–Kier alpha value is -9.38. The number of rotatable bonds is 13. The van der Waals surface area contributed by atoms with Crippen LogP contribution in [0, 0.1) is 5.92 Å². The Morgan fingerprint density at radius 3 is 1.68 bits per heavy atom. The van der Waals surface area contributed by atoms with Crippen LogP contribution in [0.5, 0.6) is 5.75 Å². The first-order valence-electron chi connectivity index (χ1n) is 29.9. The van der Waals surface area contributed by atoms with Gasteiger partial charge in [0.15, 0.2) is 0 Å². The third kappa shape index (κ3) is 9.93. The van der Waals surface area contributed by atoms with E-state index in [9.17, 15) is 7.85 Å². The van der Waals surface area contributed by atoms with Crippen molar-refractivity contribution >= 4 is 11.0 Å². The van der Waals surface area contributed by atoms with Crippen molar-refractivity contribution in [2.24, 2.45) is 5.92 Å². The molecule has 1 aliphatic carbocycles. The number of para-hydroxylation sites is 2. The first kappa shape index (κ1) is 49.6. The molecule has 1 fully saturated rings. The average Bonchev–Trinajstić information content (AvgIpc) is 3.15. The van der Waals surface area contributed by atoms with E-state index >= 15 is 0 Å². The molecule has 0 unspecified atom stereocenters. The van der Waals surface area contributed by atoms with E-state index in [-0.39, 0.29) is 22.5 Å². The summed E-state index contributed by atoms with van der Waals surface area (Å²) in [5, 5.41) is 12.9. The van der Waals surface area contributed by atoms with Crippen LogP contribution in [0.4, 0.5) is 0 Å². The monoisotopic (exact) mass is 1060 g/mol. The maximum absolute atomic E-state index is 12.9.